The summed E-state index contributed by atoms with van der Waals surface area (Å²) in [6, 6.07) is 9.49. The van der Waals surface area contributed by atoms with Crippen LogP contribution in [0.15, 0.2) is 42.5 Å². The van der Waals surface area contributed by atoms with Gasteiger partial charge in [-0.25, -0.2) is 18.4 Å². The lowest BCUT2D eigenvalue weighted by molar-refractivity contribution is 0.0671. The molecule has 2 saturated heterocycles. The normalized spacial score (nSPS) is 16.4. The Morgan fingerprint density at radius 3 is 2.06 bits per heavy atom. The second-order valence-electron chi connectivity index (χ2n) is 8.14. The molecule has 0 atom stereocenters. The summed E-state index contributed by atoms with van der Waals surface area (Å²) in [5, 5.41) is 11.7. The topological polar surface area (TPSA) is 96.4 Å². The monoisotopic (exact) mass is 473 g/mol. The van der Waals surface area contributed by atoms with Crippen LogP contribution in [0.1, 0.15) is 10.4 Å². The van der Waals surface area contributed by atoms with E-state index in [-0.39, 0.29) is 11.5 Å². The highest BCUT2D eigenvalue weighted by atomic mass is 19.1. The molecule has 180 valence electrons. The van der Waals surface area contributed by atoms with Gasteiger partial charge in [0.2, 0.25) is 0 Å². The molecule has 2 aliphatic rings. The molecule has 2 aromatic rings. The number of benzene rings is 2. The van der Waals surface area contributed by atoms with E-state index in [1.165, 1.54) is 34.1 Å². The van der Waals surface area contributed by atoms with Crippen molar-refractivity contribution >= 4 is 29.4 Å². The van der Waals surface area contributed by atoms with Crippen molar-refractivity contribution in [1.29, 1.82) is 0 Å². The second kappa shape index (κ2) is 9.94. The fraction of sp³-hybridized carbons (Fsp3) is 0.348. The smallest absolute Gasteiger partial charge is 0.407 e. The third kappa shape index (κ3) is 5.19. The van der Waals surface area contributed by atoms with Crippen LogP contribution >= 0.6 is 0 Å². The number of amides is 4. The first kappa shape index (κ1) is 23.3. The molecule has 0 aliphatic carbocycles. The number of carbonyl (C=O) groups is 3. The number of hydrogen-bond acceptors (Lipinski definition) is 4. The number of carbonyl (C=O) groups excluding carboxylic acids is 2. The fourth-order valence-corrected chi connectivity index (χ4v) is 4.10. The van der Waals surface area contributed by atoms with Crippen molar-refractivity contribution in [2.45, 2.75) is 0 Å². The van der Waals surface area contributed by atoms with Gasteiger partial charge in [-0.1, -0.05) is 6.07 Å². The van der Waals surface area contributed by atoms with Crippen molar-refractivity contribution in [3.8, 4) is 0 Å². The Labute approximate surface area is 195 Å². The van der Waals surface area contributed by atoms with Gasteiger partial charge in [0, 0.05) is 63.6 Å². The number of hydrogen-bond donors (Lipinski definition) is 2. The first-order valence-electron chi connectivity index (χ1n) is 10.9. The van der Waals surface area contributed by atoms with E-state index in [4.69, 9.17) is 5.11 Å². The van der Waals surface area contributed by atoms with E-state index in [0.717, 1.165) is 0 Å². The van der Waals surface area contributed by atoms with Crippen molar-refractivity contribution in [3.05, 3.63) is 59.7 Å². The van der Waals surface area contributed by atoms with E-state index < -0.39 is 23.8 Å². The number of carboxylic acid groups (broad SMARTS) is 1. The summed E-state index contributed by atoms with van der Waals surface area (Å²) in [6.45, 7) is 2.54. The first-order chi connectivity index (χ1) is 16.3. The van der Waals surface area contributed by atoms with Crippen molar-refractivity contribution in [1.82, 2.24) is 14.7 Å². The van der Waals surface area contributed by atoms with E-state index in [2.05, 4.69) is 5.32 Å². The average Bonchev–Trinajstić information content (AvgIpc) is 2.84. The number of nitrogens with one attached hydrogen (secondary N) is 1. The molecule has 0 radical (unpaired) electrons. The Hall–Kier alpha value is -3.89. The van der Waals surface area contributed by atoms with Gasteiger partial charge in [-0.05, 0) is 36.4 Å². The number of nitrogens with zero attached hydrogens (tertiary/aromatic N) is 4. The molecule has 4 amide bonds. The zero-order valence-electron chi connectivity index (χ0n) is 18.4. The highest BCUT2D eigenvalue weighted by Crippen LogP contribution is 2.24. The molecule has 0 bridgehead atoms. The number of piperazine rings is 2. The Morgan fingerprint density at radius 1 is 0.794 bits per heavy atom. The highest BCUT2D eigenvalue weighted by Gasteiger charge is 2.26. The number of halogens is 2. The summed E-state index contributed by atoms with van der Waals surface area (Å²) in [4.78, 5) is 42.3. The van der Waals surface area contributed by atoms with Gasteiger partial charge < -0.3 is 30.0 Å². The van der Waals surface area contributed by atoms with Gasteiger partial charge in [0.1, 0.15) is 11.6 Å². The minimum atomic E-state index is -0.989. The Bertz CT molecular complexity index is 1080. The lowest BCUT2D eigenvalue weighted by atomic mass is 10.2. The molecule has 0 unspecified atom stereocenters. The van der Waals surface area contributed by atoms with Crippen LogP contribution in [0.4, 0.5) is 29.7 Å². The molecular weight excluding hydrogens is 448 g/mol. The quantitative estimate of drug-likeness (QED) is 0.715. The maximum absolute atomic E-state index is 14.7. The summed E-state index contributed by atoms with van der Waals surface area (Å²) in [5.41, 5.74) is 0.916. The minimum Gasteiger partial charge on any atom is -0.465 e. The molecule has 2 aromatic carbocycles. The maximum Gasteiger partial charge on any atom is 0.407 e. The summed E-state index contributed by atoms with van der Waals surface area (Å²) in [7, 11) is 0. The SMILES string of the molecule is O=C(O)N1CCN(c2ccc(NC(=O)N3CCN(C(=O)c4cccc(F)c4)CC3)cc2F)CC1. The Kier molecular flexibility index (Phi) is 6.80. The van der Waals surface area contributed by atoms with E-state index in [9.17, 15) is 23.2 Å². The van der Waals surface area contributed by atoms with Crippen molar-refractivity contribution in [2.24, 2.45) is 0 Å². The lowest BCUT2D eigenvalue weighted by Gasteiger charge is -2.35. The molecule has 0 spiro atoms. The zero-order chi connectivity index (χ0) is 24.2. The number of rotatable bonds is 3. The fourth-order valence-electron chi connectivity index (χ4n) is 4.10. The van der Waals surface area contributed by atoms with Crippen LogP contribution in [-0.4, -0.2) is 90.2 Å². The molecule has 34 heavy (non-hydrogen) atoms. The minimum absolute atomic E-state index is 0.262. The summed E-state index contributed by atoms with van der Waals surface area (Å²) >= 11 is 0. The molecule has 4 rings (SSSR count). The Balaban J connectivity index is 1.30. The van der Waals surface area contributed by atoms with Crippen LogP contribution in [0.2, 0.25) is 0 Å². The molecule has 2 N–H and O–H groups in total. The largest absolute Gasteiger partial charge is 0.465 e. The van der Waals surface area contributed by atoms with Gasteiger partial charge in [0.15, 0.2) is 0 Å². The van der Waals surface area contributed by atoms with E-state index in [1.807, 2.05) is 0 Å². The van der Waals surface area contributed by atoms with Crippen LogP contribution in [0.5, 0.6) is 0 Å². The van der Waals surface area contributed by atoms with Crippen LogP contribution in [-0.2, 0) is 0 Å². The van der Waals surface area contributed by atoms with Gasteiger partial charge in [-0.2, -0.15) is 0 Å². The Morgan fingerprint density at radius 2 is 1.44 bits per heavy atom. The average molecular weight is 473 g/mol. The molecule has 11 heteroatoms. The lowest BCUT2D eigenvalue weighted by Crippen LogP contribution is -2.51. The number of anilines is 2. The number of urea groups is 1. The molecule has 0 aromatic heterocycles. The van der Waals surface area contributed by atoms with Crippen LogP contribution in [0.25, 0.3) is 0 Å². The highest BCUT2D eigenvalue weighted by molar-refractivity contribution is 5.94. The molecule has 9 nitrogen and oxygen atoms in total. The predicted octanol–water partition coefficient (Wildman–Crippen LogP) is 2.75. The van der Waals surface area contributed by atoms with Crippen LogP contribution in [0.3, 0.4) is 0 Å². The van der Waals surface area contributed by atoms with Crippen LogP contribution in [0, 0.1) is 11.6 Å². The molecule has 2 aliphatic heterocycles. The van der Waals surface area contributed by atoms with Crippen molar-refractivity contribution in [2.75, 3.05) is 62.6 Å². The molecule has 2 heterocycles. The van der Waals surface area contributed by atoms with E-state index >= 15 is 0 Å². The molecule has 2 fully saturated rings. The summed E-state index contributed by atoms with van der Waals surface area (Å²) < 4.78 is 28.1. The van der Waals surface area contributed by atoms with Gasteiger partial charge in [0.25, 0.3) is 5.91 Å². The third-order valence-electron chi connectivity index (χ3n) is 6.02. The standard InChI is InChI=1S/C23H25F2N5O4/c24-17-3-1-2-16(14-17)21(31)28-8-10-29(11-9-28)22(32)26-18-4-5-20(19(25)15-18)27-6-12-30(13-7-27)23(33)34/h1-5,14-15H,6-13H2,(H,26,32)(H,33,34). The van der Waals surface area contributed by atoms with E-state index in [1.54, 1.807) is 28.0 Å². The van der Waals surface area contributed by atoms with Crippen LogP contribution < -0.4 is 10.2 Å². The van der Waals surface area contributed by atoms with Gasteiger partial charge in [-0.3, -0.25) is 4.79 Å². The third-order valence-corrected chi connectivity index (χ3v) is 6.02. The van der Waals surface area contributed by atoms with Crippen molar-refractivity contribution in [3.63, 3.8) is 0 Å². The van der Waals surface area contributed by atoms with E-state index in [0.29, 0.717) is 63.7 Å². The summed E-state index contributed by atoms with van der Waals surface area (Å²) in [6.07, 6.45) is -0.989. The zero-order valence-corrected chi connectivity index (χ0v) is 18.4. The maximum atomic E-state index is 14.7. The van der Waals surface area contributed by atoms with Gasteiger partial charge in [0.05, 0.1) is 5.69 Å². The summed E-state index contributed by atoms with van der Waals surface area (Å²) in [5.74, 6) is -1.28. The van der Waals surface area contributed by atoms with Gasteiger partial charge >= 0.3 is 12.1 Å². The molecule has 0 saturated carbocycles. The molecular formula is C23H25F2N5O4. The predicted molar refractivity (Wildman–Crippen MR) is 121 cm³/mol. The second-order valence-corrected chi connectivity index (χ2v) is 8.14. The van der Waals surface area contributed by atoms with Gasteiger partial charge in [-0.15, -0.1) is 0 Å². The van der Waals surface area contributed by atoms with Crippen molar-refractivity contribution < 1.29 is 28.3 Å². The first-order valence-corrected chi connectivity index (χ1v) is 10.9.